The molecule has 0 spiro atoms. The monoisotopic (exact) mass is 702 g/mol. The molecule has 0 amide bonds. The van der Waals surface area contributed by atoms with Crippen molar-refractivity contribution in [1.82, 2.24) is 9.97 Å². The van der Waals surface area contributed by atoms with E-state index in [2.05, 4.69) is 30.8 Å². The maximum Gasteiger partial charge on any atom is 0.416 e. The summed E-state index contributed by atoms with van der Waals surface area (Å²) >= 11 is 2.13. The van der Waals surface area contributed by atoms with Crippen LogP contribution in [0.25, 0.3) is 22.5 Å². The summed E-state index contributed by atoms with van der Waals surface area (Å²) in [5, 5.41) is 17.4. The Labute approximate surface area is 274 Å². The van der Waals surface area contributed by atoms with Crippen LogP contribution in [0.15, 0.2) is 106 Å². The fourth-order valence-electron chi connectivity index (χ4n) is 4.36. The molecule has 2 aromatic heterocycles. The van der Waals surface area contributed by atoms with Gasteiger partial charge in [-0.15, -0.1) is 22.7 Å². The number of alkyl halides is 6. The zero-order chi connectivity index (χ0) is 34.1. The molecule has 6 aromatic rings. The average Bonchev–Trinajstić information content (AvgIpc) is 3.70. The van der Waals surface area contributed by atoms with Crippen LogP contribution in [0.4, 0.5) is 68.1 Å². The molecular formula is C32H18F8N6S2. The summed E-state index contributed by atoms with van der Waals surface area (Å²) in [6.07, 6.45) is -9.03. The Morgan fingerprint density at radius 3 is 1.35 bits per heavy atom. The fourth-order valence-corrected chi connectivity index (χ4v) is 5.82. The first-order valence-electron chi connectivity index (χ1n) is 13.6. The van der Waals surface area contributed by atoms with Gasteiger partial charge in [-0.25, -0.2) is 18.7 Å². The van der Waals surface area contributed by atoms with Crippen LogP contribution in [0, 0.1) is 11.6 Å². The lowest BCUT2D eigenvalue weighted by Gasteiger charge is -2.09. The van der Waals surface area contributed by atoms with Crippen LogP contribution in [0.2, 0.25) is 0 Å². The lowest BCUT2D eigenvalue weighted by Crippen LogP contribution is -2.05. The lowest BCUT2D eigenvalue weighted by molar-refractivity contribution is -0.138. The molecule has 244 valence electrons. The number of azo groups is 1. The summed E-state index contributed by atoms with van der Waals surface area (Å²) < 4.78 is 108. The first kappa shape index (κ1) is 32.7. The van der Waals surface area contributed by atoms with Gasteiger partial charge in [-0.3, -0.25) is 0 Å². The van der Waals surface area contributed by atoms with Crippen LogP contribution in [-0.2, 0) is 12.4 Å². The summed E-state index contributed by atoms with van der Waals surface area (Å²) in [5.74, 6) is -1.24. The zero-order valence-corrected chi connectivity index (χ0v) is 25.5. The molecule has 4 aromatic carbocycles. The van der Waals surface area contributed by atoms with Crippen molar-refractivity contribution in [2.45, 2.75) is 12.4 Å². The third kappa shape index (κ3) is 7.66. The smallest absolute Gasteiger partial charge is 0.332 e. The molecule has 0 aliphatic rings. The zero-order valence-electron chi connectivity index (χ0n) is 23.9. The van der Waals surface area contributed by atoms with Crippen molar-refractivity contribution in [3.63, 3.8) is 0 Å². The van der Waals surface area contributed by atoms with Gasteiger partial charge in [0.05, 0.1) is 33.9 Å². The third-order valence-corrected chi connectivity index (χ3v) is 8.14. The number of aromatic nitrogens is 2. The van der Waals surface area contributed by atoms with Crippen molar-refractivity contribution in [2.75, 3.05) is 10.6 Å². The minimum Gasteiger partial charge on any atom is -0.332 e. The second-order valence-electron chi connectivity index (χ2n) is 10.0. The van der Waals surface area contributed by atoms with Gasteiger partial charge >= 0.3 is 12.4 Å². The molecule has 0 radical (unpaired) electrons. The van der Waals surface area contributed by atoms with Crippen molar-refractivity contribution in [3.8, 4) is 22.5 Å². The molecule has 16 heteroatoms. The summed E-state index contributed by atoms with van der Waals surface area (Å²) in [6, 6.07) is 17.0. The lowest BCUT2D eigenvalue weighted by atomic mass is 10.1. The molecule has 6 rings (SSSR count). The molecule has 0 bridgehead atoms. The molecular weight excluding hydrogens is 685 g/mol. The molecule has 0 unspecified atom stereocenters. The quantitative estimate of drug-likeness (QED) is 0.122. The number of hydrogen-bond acceptors (Lipinski definition) is 8. The Kier molecular flexibility index (Phi) is 8.94. The summed E-state index contributed by atoms with van der Waals surface area (Å²) in [4.78, 5) is 8.59. The number of thiazole rings is 2. The van der Waals surface area contributed by atoms with Gasteiger partial charge in [0, 0.05) is 33.3 Å². The molecule has 0 fully saturated rings. The molecule has 0 saturated carbocycles. The Bertz CT molecular complexity index is 1970. The number of benzene rings is 4. The highest BCUT2D eigenvalue weighted by atomic mass is 32.1. The van der Waals surface area contributed by atoms with Crippen molar-refractivity contribution in [1.29, 1.82) is 0 Å². The molecule has 2 heterocycles. The molecule has 6 nitrogen and oxygen atoms in total. The second-order valence-corrected chi connectivity index (χ2v) is 11.7. The van der Waals surface area contributed by atoms with Gasteiger partial charge in [0.1, 0.15) is 11.6 Å². The molecule has 0 atom stereocenters. The number of halogens is 8. The first-order chi connectivity index (χ1) is 22.8. The van der Waals surface area contributed by atoms with Crippen molar-refractivity contribution >= 4 is 55.7 Å². The molecule has 0 saturated heterocycles. The summed E-state index contributed by atoms with van der Waals surface area (Å²) in [6.45, 7) is 0. The number of rotatable bonds is 8. The molecule has 2 N–H and O–H groups in total. The van der Waals surface area contributed by atoms with Gasteiger partial charge in [0.15, 0.2) is 10.3 Å². The van der Waals surface area contributed by atoms with E-state index in [9.17, 15) is 35.1 Å². The number of anilines is 4. The average molecular weight is 703 g/mol. The van der Waals surface area contributed by atoms with Crippen LogP contribution in [0.3, 0.4) is 0 Å². The Hall–Kier alpha value is -5.22. The standard InChI is InChI=1S/C32H18F8N6S2/c33-25-9-7-21(13-23(25)27-15-47-29(43-27)41-19-5-1-3-17(11-19)31(35,36)37)45-46-22-8-10-26(34)24(14-22)28-16-48-30(44-28)42-20-6-2-4-18(12-20)32(38,39)40/h1-16H,(H,41,43)(H,42,44)/b46-45-. The highest BCUT2D eigenvalue weighted by Gasteiger charge is 2.31. The van der Waals surface area contributed by atoms with Gasteiger partial charge in [-0.05, 0) is 72.8 Å². The Morgan fingerprint density at radius 2 is 0.958 bits per heavy atom. The molecule has 0 aliphatic heterocycles. The fraction of sp³-hybridized carbons (Fsp3) is 0.0625. The Morgan fingerprint density at radius 1 is 0.542 bits per heavy atom. The van der Waals surface area contributed by atoms with Gasteiger partial charge in [-0.2, -0.15) is 36.6 Å². The maximum atomic E-state index is 14.8. The van der Waals surface area contributed by atoms with Crippen LogP contribution >= 0.6 is 22.7 Å². The Balaban J connectivity index is 1.18. The van der Waals surface area contributed by atoms with Crippen LogP contribution in [0.1, 0.15) is 11.1 Å². The van der Waals surface area contributed by atoms with E-state index >= 15 is 0 Å². The number of hydrogen-bond donors (Lipinski definition) is 2. The van der Waals surface area contributed by atoms with Gasteiger partial charge in [-0.1, -0.05) is 12.1 Å². The summed E-state index contributed by atoms with van der Waals surface area (Å²) in [5.41, 5.74) is -0.296. The van der Waals surface area contributed by atoms with Crippen LogP contribution in [-0.4, -0.2) is 9.97 Å². The summed E-state index contributed by atoms with van der Waals surface area (Å²) in [7, 11) is 0. The van der Waals surface area contributed by atoms with E-state index in [0.29, 0.717) is 0 Å². The third-order valence-electron chi connectivity index (χ3n) is 6.62. The second kappa shape index (κ2) is 13.1. The van der Waals surface area contributed by atoms with Crippen molar-refractivity contribution < 1.29 is 35.1 Å². The largest absolute Gasteiger partial charge is 0.416 e. The maximum absolute atomic E-state index is 14.8. The van der Waals surface area contributed by atoms with E-state index in [-0.39, 0.29) is 55.5 Å². The van der Waals surface area contributed by atoms with Crippen LogP contribution < -0.4 is 10.6 Å². The number of nitrogens with one attached hydrogen (secondary N) is 2. The van der Waals surface area contributed by atoms with E-state index in [4.69, 9.17) is 0 Å². The van der Waals surface area contributed by atoms with E-state index in [0.717, 1.165) is 59.1 Å². The first-order valence-corrected chi connectivity index (χ1v) is 15.4. The van der Waals surface area contributed by atoms with E-state index < -0.39 is 35.1 Å². The highest BCUT2D eigenvalue weighted by molar-refractivity contribution is 7.14. The minimum atomic E-state index is -4.51. The van der Waals surface area contributed by atoms with E-state index in [1.807, 2.05) is 0 Å². The van der Waals surface area contributed by atoms with Gasteiger partial charge in [0.2, 0.25) is 0 Å². The topological polar surface area (TPSA) is 74.6 Å². The highest BCUT2D eigenvalue weighted by Crippen LogP contribution is 2.36. The predicted octanol–water partition coefficient (Wildman–Crippen LogP) is 12.2. The minimum absolute atomic E-state index is 0.0721. The van der Waals surface area contributed by atoms with Crippen molar-refractivity contribution in [2.24, 2.45) is 10.2 Å². The van der Waals surface area contributed by atoms with Gasteiger partial charge in [0.25, 0.3) is 0 Å². The molecule has 48 heavy (non-hydrogen) atoms. The van der Waals surface area contributed by atoms with E-state index in [1.54, 1.807) is 0 Å². The van der Waals surface area contributed by atoms with Crippen LogP contribution in [0.5, 0.6) is 0 Å². The SMILES string of the molecule is Fc1ccc(/N=N\c2ccc(F)c(-c3csc(Nc4cccc(C(F)(F)F)c4)n3)c2)cc1-c1csc(Nc2cccc(C(F)(F)F)c2)n1. The predicted molar refractivity (Wildman–Crippen MR) is 169 cm³/mol. The van der Waals surface area contributed by atoms with Gasteiger partial charge < -0.3 is 10.6 Å². The normalized spacial score (nSPS) is 12.1. The van der Waals surface area contributed by atoms with Crippen molar-refractivity contribution in [3.05, 3.63) is 118 Å². The van der Waals surface area contributed by atoms with E-state index in [1.165, 1.54) is 59.3 Å². The number of nitrogens with zero attached hydrogens (tertiary/aromatic N) is 4. The molecule has 0 aliphatic carbocycles.